The first kappa shape index (κ1) is 32.6. The first-order chi connectivity index (χ1) is 20.2. The number of benzene rings is 3. The summed E-state index contributed by atoms with van der Waals surface area (Å²) in [5.41, 5.74) is -4.08. The minimum Gasteiger partial charge on any atom is -0.496 e. The molecule has 0 aromatic heterocycles. The molecular weight excluding hydrogens is 614 g/mol. The maximum absolute atomic E-state index is 13.1. The Balaban J connectivity index is 2.22. The standard InChI is InChI=1S/C25H25N3O13S2/c1-38-16-12-20(40-3)17(21(13-16)41-4)9-10-26-42(33,34)14-15-11-22(43(35,36)37)25(28(31)32)23(24(15)27(29)30)18-7-5-6-8-19(18)39-2/h5-13,26H,14H2,1-4H3,(H,35,36,37). The van der Waals surface area contributed by atoms with Crippen molar-refractivity contribution in [1.82, 2.24) is 4.72 Å². The molecule has 16 nitrogen and oxygen atoms in total. The van der Waals surface area contributed by atoms with E-state index in [0.717, 1.165) is 13.3 Å². The van der Waals surface area contributed by atoms with Gasteiger partial charge in [-0.2, -0.15) is 8.42 Å². The molecule has 0 fully saturated rings. The summed E-state index contributed by atoms with van der Waals surface area (Å²) in [6.07, 6.45) is 2.23. The summed E-state index contributed by atoms with van der Waals surface area (Å²) in [6, 6.07) is 8.66. The third-order valence-corrected chi connectivity index (χ3v) is 7.99. The Labute approximate surface area is 245 Å². The molecule has 0 radical (unpaired) electrons. The van der Waals surface area contributed by atoms with Crippen LogP contribution in [0.1, 0.15) is 11.1 Å². The Morgan fingerprint density at radius 2 is 1.40 bits per heavy atom. The van der Waals surface area contributed by atoms with Gasteiger partial charge in [0.15, 0.2) is 4.90 Å². The number of hydrogen-bond donors (Lipinski definition) is 2. The third kappa shape index (κ3) is 7.11. The molecule has 0 aliphatic heterocycles. The van der Waals surface area contributed by atoms with Gasteiger partial charge in [0.25, 0.3) is 5.69 Å². The van der Waals surface area contributed by atoms with E-state index in [9.17, 15) is 41.6 Å². The van der Waals surface area contributed by atoms with Crippen LogP contribution in [0.3, 0.4) is 0 Å². The Kier molecular flexibility index (Phi) is 9.79. The molecule has 3 aromatic carbocycles. The number of para-hydroxylation sites is 1. The van der Waals surface area contributed by atoms with Crippen molar-refractivity contribution in [3.8, 4) is 34.1 Å². The van der Waals surface area contributed by atoms with Gasteiger partial charge in [0, 0.05) is 29.5 Å². The van der Waals surface area contributed by atoms with Gasteiger partial charge in [-0.25, -0.2) is 8.42 Å². The van der Waals surface area contributed by atoms with Crippen molar-refractivity contribution < 1.29 is 50.2 Å². The summed E-state index contributed by atoms with van der Waals surface area (Å²) < 4.78 is 83.5. The van der Waals surface area contributed by atoms with Gasteiger partial charge >= 0.3 is 15.8 Å². The monoisotopic (exact) mass is 639 g/mol. The highest BCUT2D eigenvalue weighted by Crippen LogP contribution is 2.47. The zero-order chi connectivity index (χ0) is 32.1. The molecule has 0 atom stereocenters. The Morgan fingerprint density at radius 3 is 1.88 bits per heavy atom. The van der Waals surface area contributed by atoms with E-state index in [4.69, 9.17) is 18.9 Å². The fourth-order valence-electron chi connectivity index (χ4n) is 4.16. The number of nitro groups is 2. The van der Waals surface area contributed by atoms with Crippen molar-refractivity contribution in [3.05, 3.63) is 80.0 Å². The SMILES string of the molecule is COc1cc(OC)c(C=CNS(=O)(=O)Cc2cc(S(=O)(=O)O)c([N+](=O)[O-])c(-c3ccccc3OC)c2[N+](=O)[O-])c(OC)c1. The summed E-state index contributed by atoms with van der Waals surface area (Å²) in [7, 11) is -4.65. The van der Waals surface area contributed by atoms with E-state index in [0.29, 0.717) is 17.4 Å². The molecule has 0 aliphatic carbocycles. The number of methoxy groups -OCH3 is 4. The molecule has 0 saturated carbocycles. The van der Waals surface area contributed by atoms with Crippen molar-refractivity contribution >= 4 is 37.6 Å². The Morgan fingerprint density at radius 1 is 0.837 bits per heavy atom. The van der Waals surface area contributed by atoms with Gasteiger partial charge in [0.05, 0.1) is 43.8 Å². The van der Waals surface area contributed by atoms with Gasteiger partial charge in [0.1, 0.15) is 34.3 Å². The van der Waals surface area contributed by atoms with Crippen LogP contribution in [0.4, 0.5) is 11.4 Å². The van der Waals surface area contributed by atoms with E-state index in [2.05, 4.69) is 4.72 Å². The zero-order valence-corrected chi connectivity index (χ0v) is 24.6. The molecule has 0 aliphatic rings. The molecule has 0 unspecified atom stereocenters. The highest BCUT2D eigenvalue weighted by atomic mass is 32.2. The summed E-state index contributed by atoms with van der Waals surface area (Å²) in [4.78, 5) is 20.7. The molecule has 0 spiro atoms. The van der Waals surface area contributed by atoms with Crippen LogP contribution in [0.2, 0.25) is 0 Å². The predicted molar refractivity (Wildman–Crippen MR) is 152 cm³/mol. The fourth-order valence-corrected chi connectivity index (χ4v) is 5.86. The lowest BCUT2D eigenvalue weighted by molar-refractivity contribution is -0.394. The van der Waals surface area contributed by atoms with Gasteiger partial charge < -0.3 is 18.9 Å². The fraction of sp³-hybridized carbons (Fsp3) is 0.200. The van der Waals surface area contributed by atoms with Crippen LogP contribution in [0.15, 0.2) is 53.6 Å². The average Bonchev–Trinajstić information content (AvgIpc) is 2.95. The molecule has 0 heterocycles. The second-order valence-electron chi connectivity index (χ2n) is 8.45. The van der Waals surface area contributed by atoms with E-state index in [1.807, 2.05) is 0 Å². The van der Waals surface area contributed by atoms with Crippen LogP contribution in [0.25, 0.3) is 17.2 Å². The lowest BCUT2D eigenvalue weighted by atomic mass is 9.97. The maximum atomic E-state index is 13.1. The van der Waals surface area contributed by atoms with Crippen molar-refractivity contribution in [2.45, 2.75) is 10.6 Å². The Bertz CT molecular complexity index is 1800. The summed E-state index contributed by atoms with van der Waals surface area (Å²) in [5, 5.41) is 24.3. The number of nitro benzene ring substituents is 2. The first-order valence-electron chi connectivity index (χ1n) is 11.7. The molecule has 0 saturated heterocycles. The highest BCUT2D eigenvalue weighted by Gasteiger charge is 2.39. The topological polar surface area (TPSA) is 224 Å². The van der Waals surface area contributed by atoms with Gasteiger partial charge in [-0.1, -0.05) is 18.2 Å². The lowest BCUT2D eigenvalue weighted by Gasteiger charge is -2.14. The van der Waals surface area contributed by atoms with Gasteiger partial charge in [-0.3, -0.25) is 29.5 Å². The molecule has 0 amide bonds. The van der Waals surface area contributed by atoms with Crippen molar-refractivity contribution in [2.75, 3.05) is 28.4 Å². The molecule has 18 heteroatoms. The van der Waals surface area contributed by atoms with Gasteiger partial charge in [-0.05, 0) is 18.2 Å². The van der Waals surface area contributed by atoms with Crippen molar-refractivity contribution in [3.63, 3.8) is 0 Å². The lowest BCUT2D eigenvalue weighted by Crippen LogP contribution is -2.21. The van der Waals surface area contributed by atoms with E-state index in [1.54, 1.807) is 0 Å². The van der Waals surface area contributed by atoms with Crippen LogP contribution in [-0.2, 0) is 25.9 Å². The molecule has 43 heavy (non-hydrogen) atoms. The van der Waals surface area contributed by atoms with E-state index < -0.39 is 63.1 Å². The largest absolute Gasteiger partial charge is 0.496 e. The molecule has 230 valence electrons. The predicted octanol–water partition coefficient (Wildman–Crippen LogP) is 3.54. The highest BCUT2D eigenvalue weighted by molar-refractivity contribution is 7.88. The number of hydrogen-bond acceptors (Lipinski definition) is 12. The third-order valence-electron chi connectivity index (χ3n) is 5.93. The quantitative estimate of drug-likeness (QED) is 0.155. The second-order valence-corrected chi connectivity index (χ2v) is 11.6. The molecule has 3 aromatic rings. The second kappa shape index (κ2) is 12.9. The summed E-state index contributed by atoms with van der Waals surface area (Å²) >= 11 is 0. The zero-order valence-electron chi connectivity index (χ0n) is 23.0. The number of nitrogens with one attached hydrogen (secondary N) is 1. The summed E-state index contributed by atoms with van der Waals surface area (Å²) in [5.74, 6) is -0.475. The van der Waals surface area contributed by atoms with Crippen LogP contribution in [0.5, 0.6) is 23.0 Å². The van der Waals surface area contributed by atoms with Gasteiger partial charge in [0.2, 0.25) is 10.0 Å². The van der Waals surface area contributed by atoms with Crippen molar-refractivity contribution in [2.24, 2.45) is 0 Å². The molecular formula is C25H25N3O13S2. The average molecular weight is 640 g/mol. The van der Waals surface area contributed by atoms with E-state index in [-0.39, 0.29) is 22.8 Å². The van der Waals surface area contributed by atoms with Crippen LogP contribution >= 0.6 is 0 Å². The minimum atomic E-state index is -5.40. The number of nitrogens with zero attached hydrogens (tertiary/aromatic N) is 2. The number of rotatable bonds is 13. The van der Waals surface area contributed by atoms with Crippen molar-refractivity contribution in [1.29, 1.82) is 0 Å². The molecule has 0 bridgehead atoms. The molecule has 2 N–H and O–H groups in total. The number of ether oxygens (including phenoxy) is 4. The number of sulfonamides is 1. The van der Waals surface area contributed by atoms with Crippen LogP contribution in [0, 0.1) is 20.2 Å². The maximum Gasteiger partial charge on any atom is 0.305 e. The smallest absolute Gasteiger partial charge is 0.305 e. The first-order valence-corrected chi connectivity index (χ1v) is 14.8. The van der Waals surface area contributed by atoms with Crippen LogP contribution < -0.4 is 23.7 Å². The van der Waals surface area contributed by atoms with E-state index >= 15 is 0 Å². The normalized spacial score (nSPS) is 11.7. The van der Waals surface area contributed by atoms with E-state index in [1.165, 1.54) is 63.8 Å². The minimum absolute atomic E-state index is 0.126. The molecule has 3 rings (SSSR count). The van der Waals surface area contributed by atoms with Gasteiger partial charge in [-0.15, -0.1) is 0 Å². The summed E-state index contributed by atoms with van der Waals surface area (Å²) in [6.45, 7) is 0. The van der Waals surface area contributed by atoms with Crippen LogP contribution in [-0.4, -0.2) is 59.7 Å². The Hall–Kier alpha value is -4.94.